The van der Waals surface area contributed by atoms with Gasteiger partial charge in [-0.25, -0.2) is 8.42 Å². The van der Waals surface area contributed by atoms with Crippen LogP contribution in [0, 0.1) is 5.92 Å². The Hall–Kier alpha value is -2.87. The lowest BCUT2D eigenvalue weighted by Crippen LogP contribution is -2.50. The van der Waals surface area contributed by atoms with E-state index >= 15 is 0 Å². The summed E-state index contributed by atoms with van der Waals surface area (Å²) in [5.41, 5.74) is 0.989. The minimum atomic E-state index is -3.73. The van der Waals surface area contributed by atoms with E-state index in [-0.39, 0.29) is 28.7 Å². The molecule has 3 rings (SSSR count). The van der Waals surface area contributed by atoms with E-state index in [0.29, 0.717) is 24.3 Å². The van der Waals surface area contributed by atoms with Crippen molar-refractivity contribution in [1.29, 1.82) is 0 Å². The van der Waals surface area contributed by atoms with E-state index in [4.69, 9.17) is 0 Å². The Morgan fingerprint density at radius 1 is 1.06 bits per heavy atom. The molecule has 0 aliphatic carbocycles. The van der Waals surface area contributed by atoms with Gasteiger partial charge in [0.1, 0.15) is 0 Å². The molecular formula is C23H29N3O4S. The maximum absolute atomic E-state index is 12.9. The van der Waals surface area contributed by atoms with Crippen LogP contribution in [0.1, 0.15) is 37.0 Å². The summed E-state index contributed by atoms with van der Waals surface area (Å²) in [6.07, 6.45) is 1.65. The molecule has 166 valence electrons. The molecule has 2 aromatic carbocycles. The van der Waals surface area contributed by atoms with Crippen LogP contribution in [0.4, 0.5) is 5.69 Å². The number of carbonyl (C=O) groups excluding carboxylic acids is 2. The van der Waals surface area contributed by atoms with Crippen molar-refractivity contribution >= 4 is 27.5 Å². The quantitative estimate of drug-likeness (QED) is 0.744. The molecule has 1 aliphatic heterocycles. The average molecular weight is 444 g/mol. The molecule has 0 radical (unpaired) electrons. The lowest BCUT2D eigenvalue weighted by atomic mass is 10.0. The zero-order valence-corrected chi connectivity index (χ0v) is 18.9. The van der Waals surface area contributed by atoms with Crippen molar-refractivity contribution in [3.05, 3.63) is 60.2 Å². The molecule has 0 saturated carbocycles. The molecule has 2 aromatic rings. The highest BCUT2D eigenvalue weighted by Crippen LogP contribution is 2.22. The summed E-state index contributed by atoms with van der Waals surface area (Å²) in [5, 5.41) is 2.99. The second-order valence-electron chi connectivity index (χ2n) is 8.09. The highest BCUT2D eigenvalue weighted by Gasteiger charge is 2.27. The SMILES string of the molecule is CC(C)C(=O)NC1CCCN(C(=O)c2ccc(S(=O)(=O)N(C)c3ccccc3)cc2)C1. The van der Waals surface area contributed by atoms with E-state index in [0.717, 1.165) is 12.8 Å². The highest BCUT2D eigenvalue weighted by molar-refractivity contribution is 7.92. The van der Waals surface area contributed by atoms with Gasteiger partial charge >= 0.3 is 0 Å². The fraction of sp³-hybridized carbons (Fsp3) is 0.391. The number of anilines is 1. The molecule has 0 aromatic heterocycles. The van der Waals surface area contributed by atoms with Crippen LogP contribution in [0.25, 0.3) is 0 Å². The van der Waals surface area contributed by atoms with Crippen LogP contribution in [-0.4, -0.2) is 51.3 Å². The topological polar surface area (TPSA) is 86.8 Å². The molecule has 8 heteroatoms. The van der Waals surface area contributed by atoms with E-state index in [9.17, 15) is 18.0 Å². The number of hydrogen-bond donors (Lipinski definition) is 1. The van der Waals surface area contributed by atoms with Gasteiger partial charge < -0.3 is 10.2 Å². The van der Waals surface area contributed by atoms with Crippen LogP contribution in [0.15, 0.2) is 59.5 Å². The van der Waals surface area contributed by atoms with Crippen LogP contribution in [-0.2, 0) is 14.8 Å². The van der Waals surface area contributed by atoms with Gasteiger partial charge in [0, 0.05) is 37.7 Å². The minimum absolute atomic E-state index is 0.0172. The lowest BCUT2D eigenvalue weighted by molar-refractivity contribution is -0.125. The number of nitrogens with zero attached hydrogens (tertiary/aromatic N) is 2. The average Bonchev–Trinajstić information content (AvgIpc) is 2.78. The number of amides is 2. The van der Waals surface area contributed by atoms with Crippen LogP contribution in [0.5, 0.6) is 0 Å². The number of nitrogens with one attached hydrogen (secondary N) is 1. The first-order valence-electron chi connectivity index (χ1n) is 10.4. The Kier molecular flexibility index (Phi) is 7.00. The fourth-order valence-electron chi connectivity index (χ4n) is 3.53. The third kappa shape index (κ3) is 5.25. The largest absolute Gasteiger partial charge is 0.351 e. The predicted molar refractivity (Wildman–Crippen MR) is 120 cm³/mol. The monoisotopic (exact) mass is 443 g/mol. The third-order valence-corrected chi connectivity index (χ3v) is 7.26. The second kappa shape index (κ2) is 9.51. The molecule has 1 aliphatic rings. The number of piperidine rings is 1. The predicted octanol–water partition coefficient (Wildman–Crippen LogP) is 2.89. The number of para-hydroxylation sites is 1. The maximum Gasteiger partial charge on any atom is 0.264 e. The molecule has 1 unspecified atom stereocenters. The van der Waals surface area contributed by atoms with Gasteiger partial charge in [0.05, 0.1) is 10.6 Å². The number of likely N-dealkylation sites (tertiary alicyclic amines) is 1. The molecule has 1 fully saturated rings. The number of sulfonamides is 1. The number of rotatable bonds is 6. The summed E-state index contributed by atoms with van der Waals surface area (Å²) >= 11 is 0. The maximum atomic E-state index is 12.9. The summed E-state index contributed by atoms with van der Waals surface area (Å²) in [6, 6.07) is 14.8. The summed E-state index contributed by atoms with van der Waals surface area (Å²) < 4.78 is 27.0. The Morgan fingerprint density at radius 2 is 1.71 bits per heavy atom. The van der Waals surface area contributed by atoms with E-state index < -0.39 is 10.0 Å². The fourth-order valence-corrected chi connectivity index (χ4v) is 4.73. The third-order valence-electron chi connectivity index (χ3n) is 5.46. The van der Waals surface area contributed by atoms with Crippen molar-refractivity contribution < 1.29 is 18.0 Å². The first-order valence-corrected chi connectivity index (χ1v) is 11.9. The van der Waals surface area contributed by atoms with Crippen molar-refractivity contribution in [3.63, 3.8) is 0 Å². The highest BCUT2D eigenvalue weighted by atomic mass is 32.2. The molecule has 0 spiro atoms. The van der Waals surface area contributed by atoms with Gasteiger partial charge in [-0.3, -0.25) is 13.9 Å². The summed E-state index contributed by atoms with van der Waals surface area (Å²) in [4.78, 5) is 26.7. The van der Waals surface area contributed by atoms with Crippen molar-refractivity contribution in [1.82, 2.24) is 10.2 Å². The lowest BCUT2D eigenvalue weighted by Gasteiger charge is -2.33. The number of benzene rings is 2. The summed E-state index contributed by atoms with van der Waals surface area (Å²) in [5.74, 6) is -0.283. The van der Waals surface area contributed by atoms with Gasteiger partial charge in [-0.1, -0.05) is 32.0 Å². The van der Waals surface area contributed by atoms with Gasteiger partial charge in [0.2, 0.25) is 5.91 Å². The van der Waals surface area contributed by atoms with E-state index in [1.165, 1.54) is 23.5 Å². The van der Waals surface area contributed by atoms with Gasteiger partial charge in [-0.15, -0.1) is 0 Å². The van der Waals surface area contributed by atoms with Crippen LogP contribution < -0.4 is 9.62 Å². The van der Waals surface area contributed by atoms with Crippen LogP contribution >= 0.6 is 0 Å². The van der Waals surface area contributed by atoms with E-state index in [2.05, 4.69) is 5.32 Å². The van der Waals surface area contributed by atoms with Gasteiger partial charge in [-0.2, -0.15) is 0 Å². The van der Waals surface area contributed by atoms with Crippen molar-refractivity contribution in [2.75, 3.05) is 24.4 Å². The zero-order chi connectivity index (χ0) is 22.6. The number of carbonyl (C=O) groups is 2. The van der Waals surface area contributed by atoms with Crippen molar-refractivity contribution in [2.45, 2.75) is 37.6 Å². The summed E-state index contributed by atoms with van der Waals surface area (Å²) in [7, 11) is -2.23. The standard InChI is InChI=1S/C23H29N3O4S/c1-17(2)22(27)24-19-8-7-15-26(16-19)23(28)18-11-13-21(14-12-18)31(29,30)25(3)20-9-5-4-6-10-20/h4-6,9-14,17,19H,7-8,15-16H2,1-3H3,(H,24,27). The molecule has 1 saturated heterocycles. The molecule has 1 heterocycles. The normalized spacial score (nSPS) is 16.8. The second-order valence-corrected chi connectivity index (χ2v) is 10.1. The van der Waals surface area contributed by atoms with Crippen LogP contribution in [0.2, 0.25) is 0 Å². The Labute approximate surface area is 184 Å². The molecule has 31 heavy (non-hydrogen) atoms. The first kappa shape index (κ1) is 22.8. The van der Waals surface area contributed by atoms with Crippen molar-refractivity contribution in [3.8, 4) is 0 Å². The number of hydrogen-bond acceptors (Lipinski definition) is 4. The van der Waals surface area contributed by atoms with Gasteiger partial charge in [0.15, 0.2) is 0 Å². The first-order chi connectivity index (χ1) is 14.7. The zero-order valence-electron chi connectivity index (χ0n) is 18.1. The molecule has 1 N–H and O–H groups in total. The minimum Gasteiger partial charge on any atom is -0.351 e. The smallest absolute Gasteiger partial charge is 0.264 e. The van der Waals surface area contributed by atoms with E-state index in [1.807, 2.05) is 19.9 Å². The summed E-state index contributed by atoms with van der Waals surface area (Å²) in [6.45, 7) is 4.75. The van der Waals surface area contributed by atoms with Crippen LogP contribution in [0.3, 0.4) is 0 Å². The molecule has 7 nitrogen and oxygen atoms in total. The Bertz CT molecular complexity index is 1020. The molecule has 2 amide bonds. The molecule has 1 atom stereocenters. The molecular weight excluding hydrogens is 414 g/mol. The van der Waals surface area contributed by atoms with Crippen molar-refractivity contribution in [2.24, 2.45) is 5.92 Å². The van der Waals surface area contributed by atoms with E-state index in [1.54, 1.807) is 41.3 Å². The Morgan fingerprint density at radius 3 is 2.32 bits per heavy atom. The molecule has 0 bridgehead atoms. The van der Waals surface area contributed by atoms with Gasteiger partial charge in [0.25, 0.3) is 15.9 Å². The van der Waals surface area contributed by atoms with Gasteiger partial charge in [-0.05, 0) is 49.2 Å². The Balaban J connectivity index is 1.70.